The molecule has 8 heteroatoms. The number of aromatic nitrogens is 4. The Hall–Kier alpha value is -1.08. The van der Waals surface area contributed by atoms with E-state index in [4.69, 9.17) is 11.6 Å². The second kappa shape index (κ2) is 5.61. The lowest BCUT2D eigenvalue weighted by atomic mass is 10.3. The second-order valence-electron chi connectivity index (χ2n) is 5.47. The second-order valence-corrected chi connectivity index (χ2v) is 8.31. The fourth-order valence-electron chi connectivity index (χ4n) is 2.65. The van der Waals surface area contributed by atoms with Gasteiger partial charge in [-0.25, -0.2) is 18.1 Å². The summed E-state index contributed by atoms with van der Waals surface area (Å²) in [4.78, 5) is 4.58. The molecule has 0 amide bonds. The molecule has 2 aromatic rings. The topological polar surface area (TPSA) is 69.8 Å². The summed E-state index contributed by atoms with van der Waals surface area (Å²) in [6.07, 6.45) is 1.24. The summed E-state index contributed by atoms with van der Waals surface area (Å²) >= 11 is 6.24. The van der Waals surface area contributed by atoms with E-state index in [2.05, 4.69) is 10.1 Å². The average Bonchev–Trinajstić information content (AvgIpc) is 2.85. The molecule has 118 valence electrons. The number of nitrogens with zero attached hydrogens (tertiary/aromatic N) is 4. The van der Waals surface area contributed by atoms with Gasteiger partial charge in [0.1, 0.15) is 21.2 Å². The van der Waals surface area contributed by atoms with Crippen LogP contribution in [-0.2, 0) is 16.4 Å². The molecule has 0 aromatic carbocycles. The zero-order valence-corrected chi connectivity index (χ0v) is 14.5. The Balaban J connectivity index is 2.71. The lowest BCUT2D eigenvalue weighted by molar-refractivity contribution is 0.538. The first-order valence-electron chi connectivity index (χ1n) is 6.92. The standard InChI is InChI=1S/C13H21ClN4O2S/c1-6-17-13-11(10(4)16-17)15-12(9(3)14)18(13)8(2)7-21(5,19)20/h8-9H,6-7H2,1-5H3. The number of sulfone groups is 1. The summed E-state index contributed by atoms with van der Waals surface area (Å²) in [6.45, 7) is 8.29. The molecule has 2 unspecified atom stereocenters. The zero-order chi connectivity index (χ0) is 15.9. The van der Waals surface area contributed by atoms with Gasteiger partial charge >= 0.3 is 0 Å². The van der Waals surface area contributed by atoms with Crippen LogP contribution in [0.5, 0.6) is 0 Å². The Bertz CT molecular complexity index is 761. The highest BCUT2D eigenvalue weighted by atomic mass is 35.5. The molecule has 0 aliphatic heterocycles. The van der Waals surface area contributed by atoms with Gasteiger partial charge in [-0.15, -0.1) is 11.6 Å². The smallest absolute Gasteiger partial charge is 0.159 e. The average molecular weight is 333 g/mol. The van der Waals surface area contributed by atoms with Crippen LogP contribution in [0.1, 0.15) is 43.7 Å². The molecular formula is C13H21ClN4O2S. The maximum Gasteiger partial charge on any atom is 0.159 e. The molecule has 2 heterocycles. The maximum atomic E-state index is 11.6. The Morgan fingerprint density at radius 3 is 2.43 bits per heavy atom. The minimum Gasteiger partial charge on any atom is -0.308 e. The molecule has 21 heavy (non-hydrogen) atoms. The number of halogens is 1. The van der Waals surface area contributed by atoms with Gasteiger partial charge in [0.15, 0.2) is 5.65 Å². The van der Waals surface area contributed by atoms with Crippen molar-refractivity contribution in [3.63, 3.8) is 0 Å². The predicted octanol–water partition coefficient (Wildman–Crippen LogP) is 2.47. The molecule has 0 bridgehead atoms. The van der Waals surface area contributed by atoms with Gasteiger partial charge in [-0.3, -0.25) is 0 Å². The van der Waals surface area contributed by atoms with Crippen LogP contribution in [0, 0.1) is 6.92 Å². The van der Waals surface area contributed by atoms with E-state index in [1.807, 2.05) is 36.9 Å². The summed E-state index contributed by atoms with van der Waals surface area (Å²) in [5.74, 6) is 0.730. The summed E-state index contributed by atoms with van der Waals surface area (Å²) in [5.41, 5.74) is 2.46. The van der Waals surface area contributed by atoms with E-state index in [0.717, 1.165) is 16.9 Å². The van der Waals surface area contributed by atoms with Crippen molar-refractivity contribution in [3.05, 3.63) is 11.5 Å². The summed E-state index contributed by atoms with van der Waals surface area (Å²) in [7, 11) is -3.09. The van der Waals surface area contributed by atoms with Gasteiger partial charge in [-0.2, -0.15) is 5.10 Å². The number of alkyl halides is 1. The van der Waals surface area contributed by atoms with E-state index in [-0.39, 0.29) is 17.2 Å². The van der Waals surface area contributed by atoms with Crippen LogP contribution >= 0.6 is 11.6 Å². The van der Waals surface area contributed by atoms with Crippen LogP contribution in [-0.4, -0.2) is 39.8 Å². The normalized spacial score (nSPS) is 15.5. The Morgan fingerprint density at radius 1 is 1.33 bits per heavy atom. The third-order valence-electron chi connectivity index (χ3n) is 3.41. The quantitative estimate of drug-likeness (QED) is 0.789. The van der Waals surface area contributed by atoms with Gasteiger partial charge in [0.05, 0.1) is 16.8 Å². The van der Waals surface area contributed by atoms with E-state index in [1.165, 1.54) is 6.26 Å². The van der Waals surface area contributed by atoms with E-state index < -0.39 is 9.84 Å². The van der Waals surface area contributed by atoms with Gasteiger partial charge < -0.3 is 4.57 Å². The fourth-order valence-corrected chi connectivity index (χ4v) is 3.83. The van der Waals surface area contributed by atoms with Crippen LogP contribution in [0.3, 0.4) is 0 Å². The van der Waals surface area contributed by atoms with Crippen molar-refractivity contribution in [1.82, 2.24) is 19.3 Å². The first-order chi connectivity index (χ1) is 9.65. The highest BCUT2D eigenvalue weighted by Gasteiger charge is 2.25. The van der Waals surface area contributed by atoms with Gasteiger partial charge in [0.2, 0.25) is 0 Å². The molecule has 2 rings (SSSR count). The van der Waals surface area contributed by atoms with Gasteiger partial charge in [-0.05, 0) is 27.7 Å². The molecule has 0 aliphatic rings. The van der Waals surface area contributed by atoms with Crippen molar-refractivity contribution < 1.29 is 8.42 Å². The van der Waals surface area contributed by atoms with E-state index in [9.17, 15) is 8.42 Å². The van der Waals surface area contributed by atoms with Crippen molar-refractivity contribution in [3.8, 4) is 0 Å². The maximum absolute atomic E-state index is 11.6. The molecule has 6 nitrogen and oxygen atoms in total. The molecule has 2 aromatic heterocycles. The number of fused-ring (bicyclic) bond motifs is 1. The predicted molar refractivity (Wildman–Crippen MR) is 84.6 cm³/mol. The zero-order valence-electron chi connectivity index (χ0n) is 13.0. The molecule has 0 spiro atoms. The Morgan fingerprint density at radius 2 is 1.95 bits per heavy atom. The molecule has 0 fully saturated rings. The number of imidazole rings is 1. The highest BCUT2D eigenvalue weighted by Crippen LogP contribution is 2.30. The number of rotatable bonds is 5. The van der Waals surface area contributed by atoms with Gasteiger partial charge in [0, 0.05) is 18.8 Å². The third-order valence-corrected chi connectivity index (χ3v) is 4.69. The number of aryl methyl sites for hydroxylation is 2. The molecule has 0 saturated heterocycles. The molecule has 2 atom stereocenters. The van der Waals surface area contributed by atoms with Crippen LogP contribution in [0.4, 0.5) is 0 Å². The van der Waals surface area contributed by atoms with Crippen molar-refractivity contribution in [2.75, 3.05) is 12.0 Å². The monoisotopic (exact) mass is 332 g/mol. The van der Waals surface area contributed by atoms with E-state index in [1.54, 1.807) is 0 Å². The van der Waals surface area contributed by atoms with Crippen LogP contribution < -0.4 is 0 Å². The number of hydrogen-bond donors (Lipinski definition) is 0. The van der Waals surface area contributed by atoms with Crippen molar-refractivity contribution in [2.45, 2.75) is 45.7 Å². The minimum absolute atomic E-state index is 0.0447. The molecule has 0 N–H and O–H groups in total. The summed E-state index contributed by atoms with van der Waals surface area (Å²) < 4.78 is 27.0. The summed E-state index contributed by atoms with van der Waals surface area (Å²) in [5, 5.41) is 4.15. The molecular weight excluding hydrogens is 312 g/mol. The Labute approximate surface area is 130 Å². The third kappa shape index (κ3) is 3.08. The molecule has 0 radical (unpaired) electrons. The van der Waals surface area contributed by atoms with Crippen molar-refractivity contribution in [2.24, 2.45) is 0 Å². The lowest BCUT2D eigenvalue weighted by Crippen LogP contribution is -2.20. The fraction of sp³-hybridized carbons (Fsp3) is 0.692. The van der Waals surface area contributed by atoms with Crippen LogP contribution in [0.25, 0.3) is 11.2 Å². The molecule has 0 saturated carbocycles. The van der Waals surface area contributed by atoms with Crippen molar-refractivity contribution >= 4 is 32.6 Å². The first kappa shape index (κ1) is 16.3. The highest BCUT2D eigenvalue weighted by molar-refractivity contribution is 7.90. The first-order valence-corrected chi connectivity index (χ1v) is 9.42. The van der Waals surface area contributed by atoms with Crippen LogP contribution in [0.15, 0.2) is 0 Å². The number of hydrogen-bond acceptors (Lipinski definition) is 4. The minimum atomic E-state index is -3.09. The van der Waals surface area contributed by atoms with E-state index in [0.29, 0.717) is 12.4 Å². The SMILES string of the molecule is CCn1nc(C)c2nc(C(C)Cl)n(C(C)CS(C)(=O)=O)c21. The summed E-state index contributed by atoms with van der Waals surface area (Å²) in [6, 6.07) is -0.248. The van der Waals surface area contributed by atoms with Crippen LogP contribution in [0.2, 0.25) is 0 Å². The molecule has 0 aliphatic carbocycles. The largest absolute Gasteiger partial charge is 0.308 e. The van der Waals surface area contributed by atoms with Crippen molar-refractivity contribution in [1.29, 1.82) is 0 Å². The van der Waals surface area contributed by atoms with E-state index >= 15 is 0 Å². The van der Waals surface area contributed by atoms with Gasteiger partial charge in [-0.1, -0.05) is 0 Å². The van der Waals surface area contributed by atoms with Gasteiger partial charge in [0.25, 0.3) is 0 Å². The Kier molecular flexibility index (Phi) is 4.35. The lowest BCUT2D eigenvalue weighted by Gasteiger charge is -2.18.